The number of hydrogen-bond acceptors (Lipinski definition) is 4. The molecule has 0 saturated carbocycles. The highest BCUT2D eigenvalue weighted by Gasteiger charge is 2.19. The van der Waals surface area contributed by atoms with E-state index < -0.39 is 11.6 Å². The molecular formula is C19H20O4. The summed E-state index contributed by atoms with van der Waals surface area (Å²) in [5.41, 5.74) is 2.17. The Bertz CT molecular complexity index is 709. The van der Waals surface area contributed by atoms with Crippen LogP contribution in [0.1, 0.15) is 41.5 Å². The summed E-state index contributed by atoms with van der Waals surface area (Å²) in [4.78, 5) is 23.0. The number of ether oxygens (including phenoxy) is 2. The van der Waals surface area contributed by atoms with Crippen molar-refractivity contribution in [2.24, 2.45) is 0 Å². The van der Waals surface area contributed by atoms with Gasteiger partial charge in [0.2, 0.25) is 0 Å². The zero-order valence-corrected chi connectivity index (χ0v) is 13.8. The molecule has 2 aromatic rings. The Labute approximate surface area is 136 Å². The lowest BCUT2D eigenvalue weighted by Crippen LogP contribution is -2.23. The van der Waals surface area contributed by atoms with Crippen LogP contribution in [0.25, 0.3) is 11.1 Å². The van der Waals surface area contributed by atoms with Crippen molar-refractivity contribution in [1.82, 2.24) is 0 Å². The predicted molar refractivity (Wildman–Crippen MR) is 89.0 cm³/mol. The van der Waals surface area contributed by atoms with Crippen molar-refractivity contribution in [3.05, 3.63) is 53.6 Å². The molecule has 4 heteroatoms. The standard InChI is InChI=1S/C19H20O4/c1-19(2,3)23-18(21)16-9-15(10-17(11-16)22-4)14-7-5-13(12-20)6-8-14/h5-12H,1-4H3. The first kappa shape index (κ1) is 16.7. The zero-order chi connectivity index (χ0) is 17.0. The maximum Gasteiger partial charge on any atom is 0.338 e. The predicted octanol–water partition coefficient (Wildman–Crippen LogP) is 4.13. The van der Waals surface area contributed by atoms with E-state index in [1.54, 1.807) is 31.4 Å². The number of aldehydes is 1. The Balaban J connectivity index is 2.42. The first-order valence-electron chi connectivity index (χ1n) is 7.30. The lowest BCUT2D eigenvalue weighted by atomic mass is 10.0. The van der Waals surface area contributed by atoms with E-state index in [1.807, 2.05) is 39.0 Å². The second-order valence-corrected chi connectivity index (χ2v) is 6.19. The van der Waals surface area contributed by atoms with Gasteiger partial charge in [-0.3, -0.25) is 4.79 Å². The number of methoxy groups -OCH3 is 1. The molecule has 23 heavy (non-hydrogen) atoms. The third-order valence-electron chi connectivity index (χ3n) is 3.16. The molecule has 0 N–H and O–H groups in total. The molecule has 4 nitrogen and oxygen atoms in total. The van der Waals surface area contributed by atoms with Crippen LogP contribution in [-0.2, 0) is 4.74 Å². The first-order valence-corrected chi connectivity index (χ1v) is 7.30. The molecule has 0 amide bonds. The number of carbonyl (C=O) groups excluding carboxylic acids is 2. The Kier molecular flexibility index (Phi) is 4.84. The Morgan fingerprint density at radius 1 is 1.00 bits per heavy atom. The van der Waals surface area contributed by atoms with Gasteiger partial charge in [0.05, 0.1) is 12.7 Å². The maximum atomic E-state index is 12.3. The summed E-state index contributed by atoms with van der Waals surface area (Å²) in [6.45, 7) is 5.47. The minimum absolute atomic E-state index is 0.401. The number of carbonyl (C=O) groups is 2. The van der Waals surface area contributed by atoms with Crippen molar-refractivity contribution < 1.29 is 19.1 Å². The van der Waals surface area contributed by atoms with E-state index in [2.05, 4.69) is 0 Å². The van der Waals surface area contributed by atoms with Crippen LogP contribution < -0.4 is 4.74 Å². The molecule has 0 unspecified atom stereocenters. The number of benzene rings is 2. The van der Waals surface area contributed by atoms with Crippen LogP contribution in [0.2, 0.25) is 0 Å². The van der Waals surface area contributed by atoms with Crippen molar-refractivity contribution in [2.75, 3.05) is 7.11 Å². The summed E-state index contributed by atoms with van der Waals surface area (Å²) in [5, 5.41) is 0. The third-order valence-corrected chi connectivity index (χ3v) is 3.16. The van der Waals surface area contributed by atoms with Crippen molar-refractivity contribution in [1.29, 1.82) is 0 Å². The lowest BCUT2D eigenvalue weighted by molar-refractivity contribution is 0.00691. The third kappa shape index (κ3) is 4.42. The molecule has 2 aromatic carbocycles. The fourth-order valence-corrected chi connectivity index (χ4v) is 2.09. The van der Waals surface area contributed by atoms with Crippen molar-refractivity contribution in [3.8, 4) is 16.9 Å². The van der Waals surface area contributed by atoms with Gasteiger partial charge in [-0.2, -0.15) is 0 Å². The molecule has 0 radical (unpaired) electrons. The van der Waals surface area contributed by atoms with Crippen molar-refractivity contribution in [2.45, 2.75) is 26.4 Å². The minimum atomic E-state index is -0.564. The molecule has 120 valence electrons. The normalized spacial score (nSPS) is 11.0. The van der Waals surface area contributed by atoms with Crippen LogP contribution in [0.15, 0.2) is 42.5 Å². The molecule has 0 heterocycles. The zero-order valence-electron chi connectivity index (χ0n) is 13.8. The highest BCUT2D eigenvalue weighted by Crippen LogP contribution is 2.27. The summed E-state index contributed by atoms with van der Waals surface area (Å²) >= 11 is 0. The highest BCUT2D eigenvalue weighted by molar-refractivity contribution is 5.92. The van der Waals surface area contributed by atoms with E-state index in [1.165, 1.54) is 0 Å². The summed E-state index contributed by atoms with van der Waals surface area (Å²) in [6.07, 6.45) is 0.793. The Morgan fingerprint density at radius 2 is 1.65 bits per heavy atom. The van der Waals surface area contributed by atoms with Gasteiger partial charge in [-0.1, -0.05) is 24.3 Å². The van der Waals surface area contributed by atoms with Crippen LogP contribution in [0, 0.1) is 0 Å². The molecule has 0 atom stereocenters. The van der Waals surface area contributed by atoms with Gasteiger partial charge in [-0.05, 0) is 50.1 Å². The topological polar surface area (TPSA) is 52.6 Å². The van der Waals surface area contributed by atoms with E-state index >= 15 is 0 Å². The molecule has 2 rings (SSSR count). The summed E-state index contributed by atoms with van der Waals surface area (Å²) in [7, 11) is 1.55. The van der Waals surface area contributed by atoms with Crippen LogP contribution in [0.3, 0.4) is 0 Å². The molecule has 0 aliphatic rings. The van der Waals surface area contributed by atoms with Crippen molar-refractivity contribution in [3.63, 3.8) is 0 Å². The molecule has 0 aliphatic heterocycles. The van der Waals surface area contributed by atoms with E-state index in [0.717, 1.165) is 17.4 Å². The van der Waals surface area contributed by atoms with Crippen LogP contribution in [-0.4, -0.2) is 25.0 Å². The second kappa shape index (κ2) is 6.65. The fourth-order valence-electron chi connectivity index (χ4n) is 2.09. The first-order chi connectivity index (χ1) is 10.8. The van der Waals surface area contributed by atoms with E-state index in [4.69, 9.17) is 9.47 Å². The van der Waals surface area contributed by atoms with Gasteiger partial charge < -0.3 is 9.47 Å². The van der Waals surface area contributed by atoms with Gasteiger partial charge in [0.15, 0.2) is 0 Å². The van der Waals surface area contributed by atoms with Gasteiger partial charge in [-0.15, -0.1) is 0 Å². The SMILES string of the molecule is COc1cc(C(=O)OC(C)(C)C)cc(-c2ccc(C=O)cc2)c1. The largest absolute Gasteiger partial charge is 0.497 e. The molecule has 0 aromatic heterocycles. The van der Waals surface area contributed by atoms with Gasteiger partial charge >= 0.3 is 5.97 Å². The average Bonchev–Trinajstić information content (AvgIpc) is 2.53. The van der Waals surface area contributed by atoms with Gasteiger partial charge in [0, 0.05) is 5.56 Å². The van der Waals surface area contributed by atoms with Gasteiger partial charge in [0.1, 0.15) is 17.6 Å². The molecule has 0 saturated heterocycles. The number of rotatable bonds is 4. The summed E-state index contributed by atoms with van der Waals surface area (Å²) < 4.78 is 10.7. The van der Waals surface area contributed by atoms with Gasteiger partial charge in [-0.25, -0.2) is 4.79 Å². The van der Waals surface area contributed by atoms with E-state index in [0.29, 0.717) is 16.9 Å². The Hall–Kier alpha value is -2.62. The lowest BCUT2D eigenvalue weighted by Gasteiger charge is -2.20. The maximum absolute atomic E-state index is 12.3. The highest BCUT2D eigenvalue weighted by atomic mass is 16.6. The molecule has 0 bridgehead atoms. The van der Waals surface area contributed by atoms with E-state index in [9.17, 15) is 9.59 Å². The fraction of sp³-hybridized carbons (Fsp3) is 0.263. The van der Waals surface area contributed by atoms with Crippen LogP contribution >= 0.6 is 0 Å². The number of esters is 1. The second-order valence-electron chi connectivity index (χ2n) is 6.19. The average molecular weight is 312 g/mol. The molecule has 0 spiro atoms. The molecule has 0 aliphatic carbocycles. The summed E-state index contributed by atoms with van der Waals surface area (Å²) in [6, 6.07) is 12.4. The molecule has 0 fully saturated rings. The van der Waals surface area contributed by atoms with Gasteiger partial charge in [0.25, 0.3) is 0 Å². The van der Waals surface area contributed by atoms with Crippen molar-refractivity contribution >= 4 is 12.3 Å². The number of hydrogen-bond donors (Lipinski definition) is 0. The minimum Gasteiger partial charge on any atom is -0.497 e. The Morgan fingerprint density at radius 3 is 2.17 bits per heavy atom. The summed E-state index contributed by atoms with van der Waals surface area (Å²) in [5.74, 6) is 0.171. The quantitative estimate of drug-likeness (QED) is 0.629. The van der Waals surface area contributed by atoms with Crippen LogP contribution in [0.4, 0.5) is 0 Å². The monoisotopic (exact) mass is 312 g/mol. The molecular weight excluding hydrogens is 292 g/mol. The van der Waals surface area contributed by atoms with E-state index in [-0.39, 0.29) is 0 Å². The smallest absolute Gasteiger partial charge is 0.338 e. The van der Waals surface area contributed by atoms with Crippen LogP contribution in [0.5, 0.6) is 5.75 Å².